The van der Waals surface area contributed by atoms with Gasteiger partial charge in [0.2, 0.25) is 0 Å². The van der Waals surface area contributed by atoms with E-state index in [1.807, 2.05) is 24.3 Å². The molecule has 2 N–H and O–H groups in total. The first kappa shape index (κ1) is 14.9. The van der Waals surface area contributed by atoms with E-state index >= 15 is 0 Å². The Kier molecular flexibility index (Phi) is 3.89. The van der Waals surface area contributed by atoms with Crippen molar-refractivity contribution in [1.82, 2.24) is 0 Å². The minimum Gasteiger partial charge on any atom is -0.482 e. The lowest BCUT2D eigenvalue weighted by Gasteiger charge is -2.10. The number of rotatable bonds is 5. The highest BCUT2D eigenvalue weighted by molar-refractivity contribution is 6.05. The largest absolute Gasteiger partial charge is 0.482 e. The number of hydrogen-bond donors (Lipinski definition) is 1. The van der Waals surface area contributed by atoms with Crippen molar-refractivity contribution in [3.05, 3.63) is 42.5 Å². The van der Waals surface area contributed by atoms with Crippen molar-refractivity contribution in [2.24, 2.45) is 5.73 Å². The Morgan fingerprint density at radius 3 is 2.65 bits per heavy atom. The van der Waals surface area contributed by atoms with Gasteiger partial charge in [0.15, 0.2) is 12.7 Å². The van der Waals surface area contributed by atoms with Crippen LogP contribution in [0.15, 0.2) is 46.9 Å². The Bertz CT molecular complexity index is 883. The Labute approximate surface area is 131 Å². The third kappa shape index (κ3) is 3.11. The molecular formula is C17H15NO5. The van der Waals surface area contributed by atoms with Gasteiger partial charge in [0.25, 0.3) is 5.91 Å². The van der Waals surface area contributed by atoms with Gasteiger partial charge in [-0.1, -0.05) is 18.2 Å². The van der Waals surface area contributed by atoms with Crippen LogP contribution in [-0.2, 0) is 14.3 Å². The van der Waals surface area contributed by atoms with E-state index in [1.165, 1.54) is 6.92 Å². The van der Waals surface area contributed by atoms with Crippen LogP contribution in [-0.4, -0.2) is 24.6 Å². The Hall–Kier alpha value is -3.02. The van der Waals surface area contributed by atoms with Gasteiger partial charge in [0, 0.05) is 10.8 Å². The van der Waals surface area contributed by atoms with Crippen LogP contribution < -0.4 is 10.5 Å². The third-order valence-corrected chi connectivity index (χ3v) is 3.41. The molecule has 0 aliphatic heterocycles. The second-order valence-electron chi connectivity index (χ2n) is 5.08. The lowest BCUT2D eigenvalue weighted by molar-refractivity contribution is -0.155. The molecule has 0 aliphatic rings. The fourth-order valence-electron chi connectivity index (χ4n) is 2.23. The van der Waals surface area contributed by atoms with Crippen LogP contribution in [0.25, 0.3) is 21.9 Å². The molecule has 0 fully saturated rings. The van der Waals surface area contributed by atoms with E-state index < -0.39 is 18.0 Å². The normalized spacial score (nSPS) is 12.2. The Balaban J connectivity index is 1.75. The molecule has 0 spiro atoms. The maximum atomic E-state index is 11.6. The van der Waals surface area contributed by atoms with Crippen LogP contribution >= 0.6 is 0 Å². The maximum Gasteiger partial charge on any atom is 0.344 e. The highest BCUT2D eigenvalue weighted by Crippen LogP contribution is 2.31. The quantitative estimate of drug-likeness (QED) is 0.730. The molecule has 23 heavy (non-hydrogen) atoms. The van der Waals surface area contributed by atoms with E-state index in [-0.39, 0.29) is 6.61 Å². The Morgan fingerprint density at radius 2 is 1.87 bits per heavy atom. The molecule has 118 valence electrons. The molecular weight excluding hydrogens is 298 g/mol. The Morgan fingerprint density at radius 1 is 1.13 bits per heavy atom. The van der Waals surface area contributed by atoms with Gasteiger partial charge in [-0.3, -0.25) is 4.79 Å². The van der Waals surface area contributed by atoms with Gasteiger partial charge in [-0.2, -0.15) is 0 Å². The first-order valence-electron chi connectivity index (χ1n) is 7.07. The summed E-state index contributed by atoms with van der Waals surface area (Å²) in [7, 11) is 0. The summed E-state index contributed by atoms with van der Waals surface area (Å²) >= 11 is 0. The van der Waals surface area contributed by atoms with Crippen molar-refractivity contribution < 1.29 is 23.5 Å². The van der Waals surface area contributed by atoms with Crippen molar-refractivity contribution in [2.75, 3.05) is 6.61 Å². The fourth-order valence-corrected chi connectivity index (χ4v) is 2.23. The zero-order valence-corrected chi connectivity index (χ0v) is 12.4. The van der Waals surface area contributed by atoms with Gasteiger partial charge < -0.3 is 19.6 Å². The summed E-state index contributed by atoms with van der Waals surface area (Å²) in [5.41, 5.74) is 6.55. The van der Waals surface area contributed by atoms with E-state index in [1.54, 1.807) is 18.2 Å². The number of nitrogens with two attached hydrogens (primary N) is 1. The molecule has 0 saturated carbocycles. The summed E-state index contributed by atoms with van der Waals surface area (Å²) in [5, 5.41) is 1.87. The molecule has 1 atom stereocenters. The zero-order chi connectivity index (χ0) is 16.4. The van der Waals surface area contributed by atoms with Gasteiger partial charge >= 0.3 is 5.97 Å². The number of esters is 1. The van der Waals surface area contributed by atoms with E-state index in [0.717, 1.165) is 21.9 Å². The molecule has 6 heteroatoms. The number of fused-ring (bicyclic) bond motifs is 3. The number of hydrogen-bond acceptors (Lipinski definition) is 5. The second kappa shape index (κ2) is 6.00. The van der Waals surface area contributed by atoms with Crippen LogP contribution in [0, 0.1) is 0 Å². The van der Waals surface area contributed by atoms with Crippen molar-refractivity contribution in [3.8, 4) is 5.75 Å². The minimum atomic E-state index is -0.980. The van der Waals surface area contributed by atoms with Crippen LogP contribution in [0.2, 0.25) is 0 Å². The van der Waals surface area contributed by atoms with E-state index in [2.05, 4.69) is 0 Å². The molecule has 6 nitrogen and oxygen atoms in total. The first-order chi connectivity index (χ1) is 11.0. The molecule has 1 aromatic heterocycles. The first-order valence-corrected chi connectivity index (χ1v) is 7.07. The van der Waals surface area contributed by atoms with Crippen molar-refractivity contribution >= 4 is 33.8 Å². The number of carbonyl (C=O) groups is 2. The zero-order valence-electron chi connectivity index (χ0n) is 12.4. The van der Waals surface area contributed by atoms with Gasteiger partial charge in [-0.15, -0.1) is 0 Å². The lowest BCUT2D eigenvalue weighted by atomic mass is 10.1. The molecule has 3 rings (SSSR count). The van der Waals surface area contributed by atoms with Crippen LogP contribution in [0.5, 0.6) is 5.75 Å². The van der Waals surface area contributed by atoms with Gasteiger partial charge in [-0.25, -0.2) is 4.79 Å². The van der Waals surface area contributed by atoms with Crippen LogP contribution in [0.1, 0.15) is 6.92 Å². The molecule has 0 radical (unpaired) electrons. The molecule has 1 amide bonds. The summed E-state index contributed by atoms with van der Waals surface area (Å²) in [6.07, 6.45) is -0.980. The van der Waals surface area contributed by atoms with E-state index in [4.69, 9.17) is 19.6 Å². The minimum absolute atomic E-state index is 0.307. The highest BCUT2D eigenvalue weighted by atomic mass is 16.6. The molecule has 2 aromatic carbocycles. The van der Waals surface area contributed by atoms with Crippen molar-refractivity contribution in [3.63, 3.8) is 0 Å². The van der Waals surface area contributed by atoms with Gasteiger partial charge in [-0.05, 0) is 31.2 Å². The van der Waals surface area contributed by atoms with Crippen LogP contribution in [0.3, 0.4) is 0 Å². The number of ether oxygens (including phenoxy) is 2. The van der Waals surface area contributed by atoms with E-state index in [9.17, 15) is 9.59 Å². The average molecular weight is 313 g/mol. The molecule has 0 saturated heterocycles. The topological polar surface area (TPSA) is 91.8 Å². The highest BCUT2D eigenvalue weighted by Gasteiger charge is 2.15. The summed E-state index contributed by atoms with van der Waals surface area (Å²) in [6.45, 7) is 1.10. The number of furan rings is 1. The third-order valence-electron chi connectivity index (χ3n) is 3.41. The van der Waals surface area contributed by atoms with Gasteiger partial charge in [0.1, 0.15) is 16.9 Å². The summed E-state index contributed by atoms with van der Waals surface area (Å²) in [4.78, 5) is 22.4. The predicted molar refractivity (Wildman–Crippen MR) is 84.0 cm³/mol. The molecule has 1 heterocycles. The second-order valence-corrected chi connectivity index (χ2v) is 5.08. The molecule has 0 bridgehead atoms. The van der Waals surface area contributed by atoms with Crippen LogP contribution in [0.4, 0.5) is 0 Å². The van der Waals surface area contributed by atoms with E-state index in [0.29, 0.717) is 5.75 Å². The molecule has 0 aliphatic carbocycles. The number of primary amides is 1. The van der Waals surface area contributed by atoms with Crippen molar-refractivity contribution in [1.29, 1.82) is 0 Å². The maximum absolute atomic E-state index is 11.6. The SMILES string of the molecule is C[C@H](OC(=O)COc1ccc2oc3ccccc3c2c1)C(N)=O. The monoisotopic (exact) mass is 313 g/mol. The number of para-hydroxylation sites is 1. The predicted octanol–water partition coefficient (Wildman–Crippen LogP) is 2.38. The molecule has 0 unspecified atom stereocenters. The number of carbonyl (C=O) groups excluding carboxylic acids is 2. The summed E-state index contributed by atoms with van der Waals surface area (Å²) in [6, 6.07) is 12.9. The number of benzene rings is 2. The standard InChI is InChI=1S/C17H15NO5/c1-10(17(18)20)22-16(19)9-21-11-6-7-15-13(8-11)12-4-2-3-5-14(12)23-15/h2-8,10H,9H2,1H3,(H2,18,20)/t10-/m0/s1. The fraction of sp³-hybridized carbons (Fsp3) is 0.176. The van der Waals surface area contributed by atoms with Crippen molar-refractivity contribution in [2.45, 2.75) is 13.0 Å². The average Bonchev–Trinajstić information content (AvgIpc) is 2.90. The summed E-state index contributed by atoms with van der Waals surface area (Å²) < 4.78 is 15.9. The molecule has 3 aromatic rings. The summed E-state index contributed by atoms with van der Waals surface area (Å²) in [5.74, 6) is -0.856. The number of amides is 1. The van der Waals surface area contributed by atoms with Gasteiger partial charge in [0.05, 0.1) is 0 Å². The lowest BCUT2D eigenvalue weighted by Crippen LogP contribution is -2.32. The smallest absolute Gasteiger partial charge is 0.344 e.